The number of nitrogens with zero attached hydrogens (tertiary/aromatic N) is 3. The van der Waals surface area contributed by atoms with E-state index < -0.39 is 0 Å². The highest BCUT2D eigenvalue weighted by Gasteiger charge is 2.12. The van der Waals surface area contributed by atoms with Gasteiger partial charge in [0.15, 0.2) is 5.01 Å². The van der Waals surface area contributed by atoms with Crippen molar-refractivity contribution in [2.24, 2.45) is 0 Å². The Bertz CT molecular complexity index is 933. The first-order valence-corrected chi connectivity index (χ1v) is 9.38. The number of hydrogen-bond acceptors (Lipinski definition) is 6. The van der Waals surface area contributed by atoms with Crippen LogP contribution < -0.4 is 10.6 Å². The third-order valence-corrected chi connectivity index (χ3v) is 4.78. The lowest BCUT2D eigenvalue weighted by molar-refractivity contribution is -0.116. The molecule has 0 aliphatic rings. The second-order valence-electron chi connectivity index (χ2n) is 5.43. The highest BCUT2D eigenvalue weighted by molar-refractivity contribution is 9.10. The predicted octanol–water partition coefficient (Wildman–Crippen LogP) is 4.25. The number of nitrogens with one attached hydrogen (secondary N) is 2. The van der Waals surface area contributed by atoms with Crippen LogP contribution >= 0.6 is 27.3 Å². The zero-order chi connectivity index (χ0) is 18.5. The number of aryl methyl sites for hydroxylation is 1. The number of pyridine rings is 1. The zero-order valence-corrected chi connectivity index (χ0v) is 16.2. The Kier molecular flexibility index (Phi) is 5.89. The summed E-state index contributed by atoms with van der Waals surface area (Å²) in [7, 11) is 0. The van der Waals surface area contributed by atoms with E-state index in [0.29, 0.717) is 28.1 Å². The number of rotatable bonds is 6. The molecule has 0 aliphatic heterocycles. The molecule has 134 valence electrons. The van der Waals surface area contributed by atoms with Crippen LogP contribution in [0.15, 0.2) is 40.9 Å². The molecule has 0 unspecified atom stereocenters. The smallest absolute Gasteiger partial charge is 0.227 e. The topological polar surface area (TPSA) is 79.8 Å². The first-order chi connectivity index (χ1) is 12.5. The Labute approximate surface area is 162 Å². The van der Waals surface area contributed by atoms with Crippen LogP contribution in [0.5, 0.6) is 0 Å². The van der Waals surface area contributed by atoms with Crippen LogP contribution in [-0.4, -0.2) is 27.6 Å². The van der Waals surface area contributed by atoms with Gasteiger partial charge in [0.2, 0.25) is 11.0 Å². The van der Waals surface area contributed by atoms with Gasteiger partial charge < -0.3 is 10.6 Å². The molecule has 6 nitrogen and oxygen atoms in total. The van der Waals surface area contributed by atoms with Crippen molar-refractivity contribution >= 4 is 44.1 Å². The Balaban J connectivity index is 1.53. The minimum absolute atomic E-state index is 0.154. The van der Waals surface area contributed by atoms with Gasteiger partial charge in [-0.25, -0.2) is 9.37 Å². The second kappa shape index (κ2) is 8.33. The maximum atomic E-state index is 13.9. The molecule has 0 atom stereocenters. The van der Waals surface area contributed by atoms with Gasteiger partial charge in [-0.15, -0.1) is 10.2 Å². The predicted molar refractivity (Wildman–Crippen MR) is 104 cm³/mol. The zero-order valence-electron chi connectivity index (χ0n) is 13.8. The van der Waals surface area contributed by atoms with E-state index in [9.17, 15) is 9.18 Å². The standard InChI is InChI=1S/C17H15BrFN5OS/c1-10-3-2-4-14(21-10)22-15(25)7-8-20-17-24-23-16(26-17)12-9-11(18)5-6-13(12)19/h2-6,9H,7-8H2,1H3,(H,20,24)(H,21,22,25). The Morgan fingerprint density at radius 1 is 1.27 bits per heavy atom. The Morgan fingerprint density at radius 2 is 2.12 bits per heavy atom. The van der Waals surface area contributed by atoms with Gasteiger partial charge in [0.05, 0.1) is 0 Å². The first kappa shape index (κ1) is 18.4. The van der Waals surface area contributed by atoms with Crippen molar-refractivity contribution in [2.45, 2.75) is 13.3 Å². The molecule has 3 aromatic rings. The van der Waals surface area contributed by atoms with Crippen molar-refractivity contribution < 1.29 is 9.18 Å². The van der Waals surface area contributed by atoms with Gasteiger partial charge in [0.25, 0.3) is 0 Å². The molecule has 0 saturated carbocycles. The minimum Gasteiger partial charge on any atom is -0.360 e. The molecule has 2 heterocycles. The van der Waals surface area contributed by atoms with Crippen LogP contribution in [0.4, 0.5) is 15.3 Å². The number of halogens is 2. The lowest BCUT2D eigenvalue weighted by Gasteiger charge is -2.05. The van der Waals surface area contributed by atoms with E-state index >= 15 is 0 Å². The number of benzene rings is 1. The average molecular weight is 436 g/mol. The summed E-state index contributed by atoms with van der Waals surface area (Å²) in [5, 5.41) is 14.7. The summed E-state index contributed by atoms with van der Waals surface area (Å²) in [6.45, 7) is 2.24. The third-order valence-electron chi connectivity index (χ3n) is 3.37. The molecule has 0 radical (unpaired) electrons. The van der Waals surface area contributed by atoms with E-state index in [0.717, 1.165) is 10.2 Å². The molecule has 0 saturated heterocycles. The molecule has 3 rings (SSSR count). The molecule has 0 fully saturated rings. The second-order valence-corrected chi connectivity index (χ2v) is 7.32. The quantitative estimate of drug-likeness (QED) is 0.604. The van der Waals surface area contributed by atoms with Crippen LogP contribution in [0.1, 0.15) is 12.1 Å². The fourth-order valence-corrected chi connectivity index (χ4v) is 3.31. The van der Waals surface area contributed by atoms with E-state index in [1.165, 1.54) is 17.4 Å². The summed E-state index contributed by atoms with van der Waals surface area (Å²) in [6, 6.07) is 10.1. The fourth-order valence-electron chi connectivity index (χ4n) is 2.17. The summed E-state index contributed by atoms with van der Waals surface area (Å²) in [5.41, 5.74) is 1.22. The van der Waals surface area contributed by atoms with Crippen LogP contribution in [0.25, 0.3) is 10.6 Å². The van der Waals surface area contributed by atoms with Gasteiger partial charge in [-0.05, 0) is 37.3 Å². The van der Waals surface area contributed by atoms with Crippen molar-refractivity contribution in [1.82, 2.24) is 15.2 Å². The van der Waals surface area contributed by atoms with Crippen molar-refractivity contribution in [3.63, 3.8) is 0 Å². The van der Waals surface area contributed by atoms with E-state index in [1.54, 1.807) is 18.2 Å². The normalized spacial score (nSPS) is 10.6. The van der Waals surface area contributed by atoms with E-state index in [4.69, 9.17) is 0 Å². The Morgan fingerprint density at radius 3 is 2.92 bits per heavy atom. The highest BCUT2D eigenvalue weighted by atomic mass is 79.9. The molecule has 2 N–H and O–H groups in total. The number of anilines is 2. The summed E-state index contributed by atoms with van der Waals surface area (Å²) < 4.78 is 14.7. The van der Waals surface area contributed by atoms with Gasteiger partial charge in [0.1, 0.15) is 11.6 Å². The van der Waals surface area contributed by atoms with Gasteiger partial charge in [-0.3, -0.25) is 4.79 Å². The van der Waals surface area contributed by atoms with Gasteiger partial charge >= 0.3 is 0 Å². The molecule has 0 spiro atoms. The van der Waals surface area contributed by atoms with Gasteiger partial charge in [-0.2, -0.15) is 0 Å². The summed E-state index contributed by atoms with van der Waals surface area (Å²) >= 11 is 4.54. The highest BCUT2D eigenvalue weighted by Crippen LogP contribution is 2.30. The lowest BCUT2D eigenvalue weighted by Crippen LogP contribution is -2.17. The van der Waals surface area contributed by atoms with Crippen LogP contribution in [0.2, 0.25) is 0 Å². The van der Waals surface area contributed by atoms with Crippen molar-refractivity contribution in [3.05, 3.63) is 52.4 Å². The van der Waals surface area contributed by atoms with Gasteiger partial charge in [0, 0.05) is 28.7 Å². The molecule has 1 aromatic carbocycles. The van der Waals surface area contributed by atoms with E-state index in [-0.39, 0.29) is 18.1 Å². The maximum Gasteiger partial charge on any atom is 0.227 e. The largest absolute Gasteiger partial charge is 0.360 e. The third kappa shape index (κ3) is 4.83. The molecular formula is C17H15BrFN5OS. The fraction of sp³-hybridized carbons (Fsp3) is 0.176. The number of carbonyl (C=O) groups excluding carboxylic acids is 1. The molecule has 0 aliphatic carbocycles. The maximum absolute atomic E-state index is 13.9. The van der Waals surface area contributed by atoms with Crippen molar-refractivity contribution in [1.29, 1.82) is 0 Å². The van der Waals surface area contributed by atoms with Crippen LogP contribution in [-0.2, 0) is 4.79 Å². The molecule has 2 aromatic heterocycles. The molecule has 1 amide bonds. The van der Waals surface area contributed by atoms with Crippen molar-refractivity contribution in [3.8, 4) is 10.6 Å². The van der Waals surface area contributed by atoms with Crippen LogP contribution in [0.3, 0.4) is 0 Å². The summed E-state index contributed by atoms with van der Waals surface area (Å²) in [6.07, 6.45) is 0.246. The number of hydrogen-bond donors (Lipinski definition) is 2. The molecule has 9 heteroatoms. The number of aromatic nitrogens is 3. The lowest BCUT2D eigenvalue weighted by atomic mass is 10.2. The molecular weight excluding hydrogens is 421 g/mol. The summed E-state index contributed by atoms with van der Waals surface area (Å²) in [4.78, 5) is 16.2. The number of carbonyl (C=O) groups is 1. The first-order valence-electron chi connectivity index (χ1n) is 7.77. The number of amides is 1. The van der Waals surface area contributed by atoms with E-state index in [2.05, 4.69) is 41.7 Å². The van der Waals surface area contributed by atoms with Crippen molar-refractivity contribution in [2.75, 3.05) is 17.2 Å². The Hall–Kier alpha value is -2.39. The minimum atomic E-state index is -0.360. The molecule has 0 bridgehead atoms. The van der Waals surface area contributed by atoms with E-state index in [1.807, 2.05) is 19.1 Å². The molecule has 26 heavy (non-hydrogen) atoms. The average Bonchev–Trinajstić information content (AvgIpc) is 3.06. The van der Waals surface area contributed by atoms with Crippen LogP contribution in [0, 0.1) is 12.7 Å². The summed E-state index contributed by atoms with van der Waals surface area (Å²) in [5.74, 6) is 0.0117. The SMILES string of the molecule is Cc1cccc(NC(=O)CCNc2nnc(-c3cc(Br)ccc3F)s2)n1. The van der Waals surface area contributed by atoms with Gasteiger partial charge in [-0.1, -0.05) is 33.3 Å². The monoisotopic (exact) mass is 435 g/mol.